The predicted octanol–water partition coefficient (Wildman–Crippen LogP) is 3.49. The Labute approximate surface area is 142 Å². The molecule has 0 saturated heterocycles. The second-order valence-corrected chi connectivity index (χ2v) is 5.32. The number of carbonyl (C=O) groups excluding carboxylic acids is 1. The summed E-state index contributed by atoms with van der Waals surface area (Å²) >= 11 is 0. The van der Waals surface area contributed by atoms with Crippen LogP contribution in [-0.2, 0) is 0 Å². The first-order valence-corrected chi connectivity index (χ1v) is 7.53. The molecule has 7 heteroatoms. The molecule has 2 aromatic carbocycles. The Morgan fingerprint density at radius 1 is 1.08 bits per heavy atom. The summed E-state index contributed by atoms with van der Waals surface area (Å²) in [5.74, 6) is 0.361. The van der Waals surface area contributed by atoms with Crippen molar-refractivity contribution >= 4 is 23.6 Å². The molecule has 0 atom stereocenters. The Kier molecular flexibility index (Phi) is 3.66. The lowest BCUT2D eigenvalue weighted by Gasteiger charge is -2.03. The highest BCUT2D eigenvalue weighted by Gasteiger charge is 2.11. The maximum Gasteiger partial charge on any atom is 0.247 e. The van der Waals surface area contributed by atoms with Crippen LogP contribution in [0.25, 0.3) is 17.0 Å². The van der Waals surface area contributed by atoms with Crippen LogP contribution in [-0.4, -0.2) is 25.9 Å². The van der Waals surface area contributed by atoms with Gasteiger partial charge in [0.1, 0.15) is 5.82 Å². The van der Waals surface area contributed by atoms with Gasteiger partial charge in [0.25, 0.3) is 0 Å². The van der Waals surface area contributed by atoms with Crippen LogP contribution in [0.15, 0.2) is 60.8 Å². The summed E-state index contributed by atoms with van der Waals surface area (Å²) in [6.07, 6.45) is 2.13. The molecule has 0 aliphatic carbocycles. The standard InChI is InChI=1S/C18H12FN5O/c19-15-10-14(7-6-13(15)11-25)21-18-22-16-8-9-20-17(24(16)23-18)12-4-2-1-3-5-12/h1-11H,(H,21,23). The Morgan fingerprint density at radius 2 is 1.92 bits per heavy atom. The first kappa shape index (κ1) is 14.9. The van der Waals surface area contributed by atoms with Crippen LogP contribution in [0.4, 0.5) is 16.0 Å². The molecule has 0 bridgehead atoms. The van der Waals surface area contributed by atoms with Crippen molar-refractivity contribution in [3.05, 3.63) is 72.2 Å². The molecular weight excluding hydrogens is 321 g/mol. The number of aldehydes is 1. The summed E-state index contributed by atoms with van der Waals surface area (Å²) in [4.78, 5) is 19.4. The third kappa shape index (κ3) is 2.83. The van der Waals surface area contributed by atoms with Crippen LogP contribution >= 0.6 is 0 Å². The van der Waals surface area contributed by atoms with Crippen LogP contribution in [0.3, 0.4) is 0 Å². The molecule has 122 valence electrons. The van der Waals surface area contributed by atoms with E-state index in [4.69, 9.17) is 0 Å². The molecule has 0 unspecified atom stereocenters. The number of hydrogen-bond donors (Lipinski definition) is 1. The number of nitrogens with one attached hydrogen (secondary N) is 1. The second-order valence-electron chi connectivity index (χ2n) is 5.32. The molecule has 0 saturated carbocycles. The Hall–Kier alpha value is -3.61. The quantitative estimate of drug-likeness (QED) is 0.579. The minimum absolute atomic E-state index is 0.00377. The van der Waals surface area contributed by atoms with Gasteiger partial charge in [-0.15, -0.1) is 5.10 Å². The molecule has 4 rings (SSSR count). The maximum absolute atomic E-state index is 13.7. The summed E-state index contributed by atoms with van der Waals surface area (Å²) in [7, 11) is 0. The van der Waals surface area contributed by atoms with E-state index in [0.29, 0.717) is 29.4 Å². The van der Waals surface area contributed by atoms with Crippen molar-refractivity contribution < 1.29 is 9.18 Å². The average molecular weight is 333 g/mol. The van der Waals surface area contributed by atoms with Gasteiger partial charge in [-0.25, -0.2) is 9.37 Å². The largest absolute Gasteiger partial charge is 0.323 e. The van der Waals surface area contributed by atoms with Crippen molar-refractivity contribution in [2.75, 3.05) is 5.32 Å². The summed E-state index contributed by atoms with van der Waals surface area (Å²) in [6.45, 7) is 0. The molecule has 0 fully saturated rings. The molecule has 25 heavy (non-hydrogen) atoms. The number of benzene rings is 2. The van der Waals surface area contributed by atoms with E-state index < -0.39 is 5.82 Å². The lowest BCUT2D eigenvalue weighted by Crippen LogP contribution is -1.98. The van der Waals surface area contributed by atoms with Crippen LogP contribution in [0.1, 0.15) is 10.4 Å². The van der Waals surface area contributed by atoms with Gasteiger partial charge in [0.15, 0.2) is 17.8 Å². The lowest BCUT2D eigenvalue weighted by molar-refractivity contribution is 0.112. The normalized spacial score (nSPS) is 10.8. The Balaban J connectivity index is 1.72. The SMILES string of the molecule is O=Cc1ccc(Nc2nc3ccnc(-c4ccccc4)n3n2)cc1F. The first-order chi connectivity index (χ1) is 12.2. The van der Waals surface area contributed by atoms with E-state index in [2.05, 4.69) is 20.4 Å². The van der Waals surface area contributed by atoms with Gasteiger partial charge in [-0.2, -0.15) is 9.50 Å². The molecule has 6 nitrogen and oxygen atoms in total. The summed E-state index contributed by atoms with van der Waals surface area (Å²) in [5, 5.41) is 7.33. The van der Waals surface area contributed by atoms with E-state index in [1.165, 1.54) is 12.1 Å². The van der Waals surface area contributed by atoms with Gasteiger partial charge in [0.2, 0.25) is 5.95 Å². The van der Waals surface area contributed by atoms with Gasteiger partial charge < -0.3 is 5.32 Å². The van der Waals surface area contributed by atoms with E-state index in [1.54, 1.807) is 22.8 Å². The van der Waals surface area contributed by atoms with E-state index in [1.807, 2.05) is 30.3 Å². The molecular formula is C18H12FN5O. The number of carbonyl (C=O) groups is 1. The molecule has 2 heterocycles. The summed E-state index contributed by atoms with van der Waals surface area (Å²) in [5.41, 5.74) is 1.98. The number of hydrogen-bond acceptors (Lipinski definition) is 5. The van der Waals surface area contributed by atoms with Gasteiger partial charge in [0, 0.05) is 23.5 Å². The van der Waals surface area contributed by atoms with Crippen LogP contribution < -0.4 is 5.32 Å². The highest BCUT2D eigenvalue weighted by atomic mass is 19.1. The van der Waals surface area contributed by atoms with Gasteiger partial charge in [0.05, 0.1) is 5.56 Å². The predicted molar refractivity (Wildman–Crippen MR) is 91.3 cm³/mol. The zero-order chi connectivity index (χ0) is 17.2. The smallest absolute Gasteiger partial charge is 0.247 e. The van der Waals surface area contributed by atoms with Crippen LogP contribution in [0, 0.1) is 5.82 Å². The first-order valence-electron chi connectivity index (χ1n) is 7.53. The zero-order valence-electron chi connectivity index (χ0n) is 12.9. The second kappa shape index (κ2) is 6.12. The molecule has 0 aliphatic heterocycles. The minimum Gasteiger partial charge on any atom is -0.323 e. The average Bonchev–Trinajstić information content (AvgIpc) is 3.05. The fraction of sp³-hybridized carbons (Fsp3) is 0. The summed E-state index contributed by atoms with van der Waals surface area (Å²) in [6, 6.07) is 15.6. The van der Waals surface area contributed by atoms with E-state index >= 15 is 0 Å². The molecule has 0 amide bonds. The topological polar surface area (TPSA) is 72.2 Å². The maximum atomic E-state index is 13.7. The van der Waals surface area contributed by atoms with Gasteiger partial charge in [-0.3, -0.25) is 4.79 Å². The third-order valence-electron chi connectivity index (χ3n) is 3.67. The number of anilines is 2. The zero-order valence-corrected chi connectivity index (χ0v) is 12.9. The fourth-order valence-electron chi connectivity index (χ4n) is 2.48. The van der Waals surface area contributed by atoms with Crippen molar-refractivity contribution in [2.45, 2.75) is 0 Å². The Bertz CT molecular complexity index is 1060. The number of halogens is 1. The van der Waals surface area contributed by atoms with Gasteiger partial charge >= 0.3 is 0 Å². The van der Waals surface area contributed by atoms with Crippen molar-refractivity contribution in [1.82, 2.24) is 19.6 Å². The molecule has 0 aliphatic rings. The van der Waals surface area contributed by atoms with Gasteiger partial charge in [-0.1, -0.05) is 30.3 Å². The van der Waals surface area contributed by atoms with Crippen molar-refractivity contribution in [3.8, 4) is 11.4 Å². The van der Waals surface area contributed by atoms with E-state index in [0.717, 1.165) is 5.56 Å². The minimum atomic E-state index is -0.601. The van der Waals surface area contributed by atoms with E-state index in [9.17, 15) is 9.18 Å². The van der Waals surface area contributed by atoms with Crippen LogP contribution in [0.2, 0.25) is 0 Å². The highest BCUT2D eigenvalue weighted by Crippen LogP contribution is 2.20. The number of rotatable bonds is 4. The molecule has 4 aromatic rings. The highest BCUT2D eigenvalue weighted by molar-refractivity contribution is 5.76. The van der Waals surface area contributed by atoms with Crippen molar-refractivity contribution in [2.24, 2.45) is 0 Å². The number of nitrogens with zero attached hydrogens (tertiary/aromatic N) is 4. The fourth-order valence-corrected chi connectivity index (χ4v) is 2.48. The lowest BCUT2D eigenvalue weighted by atomic mass is 10.2. The molecule has 2 aromatic heterocycles. The summed E-state index contributed by atoms with van der Waals surface area (Å²) < 4.78 is 15.3. The van der Waals surface area contributed by atoms with E-state index in [-0.39, 0.29) is 5.56 Å². The van der Waals surface area contributed by atoms with Crippen LogP contribution in [0.5, 0.6) is 0 Å². The number of fused-ring (bicyclic) bond motifs is 1. The molecule has 1 N–H and O–H groups in total. The third-order valence-corrected chi connectivity index (χ3v) is 3.67. The van der Waals surface area contributed by atoms with Crippen molar-refractivity contribution in [1.29, 1.82) is 0 Å². The van der Waals surface area contributed by atoms with Crippen molar-refractivity contribution in [3.63, 3.8) is 0 Å². The Morgan fingerprint density at radius 3 is 2.68 bits per heavy atom. The molecule has 0 spiro atoms. The molecule has 0 radical (unpaired) electrons. The van der Waals surface area contributed by atoms with Gasteiger partial charge in [-0.05, 0) is 18.2 Å². The monoisotopic (exact) mass is 333 g/mol. The number of aromatic nitrogens is 4.